The van der Waals surface area contributed by atoms with Gasteiger partial charge in [0.2, 0.25) is 5.91 Å². The second-order valence-electron chi connectivity index (χ2n) is 6.44. The van der Waals surface area contributed by atoms with Gasteiger partial charge < -0.3 is 10.0 Å². The Morgan fingerprint density at radius 1 is 1.24 bits per heavy atom. The van der Waals surface area contributed by atoms with E-state index in [1.165, 1.54) is 4.90 Å². The Morgan fingerprint density at radius 3 is 2.48 bits per heavy atom. The standard InChI is InChI=1S/C17H23NO3/c1-17(2)11-7-6-10-14(17)16(21)18(12-15(19)20)13-8-4-3-5-9-13/h3-5,8-9,14H,6-7,10-12H2,1-2H3,(H,19,20). The maximum Gasteiger partial charge on any atom is 0.323 e. The number of anilines is 1. The number of benzene rings is 1. The third kappa shape index (κ3) is 3.63. The average Bonchev–Trinajstić information content (AvgIpc) is 2.44. The number of carbonyl (C=O) groups excluding carboxylic acids is 1. The van der Waals surface area contributed by atoms with E-state index in [9.17, 15) is 9.59 Å². The highest BCUT2D eigenvalue weighted by Crippen LogP contribution is 2.41. The highest BCUT2D eigenvalue weighted by Gasteiger charge is 2.39. The maximum atomic E-state index is 12.9. The lowest BCUT2D eigenvalue weighted by Gasteiger charge is -2.40. The van der Waals surface area contributed by atoms with E-state index in [1.54, 1.807) is 12.1 Å². The van der Waals surface area contributed by atoms with Gasteiger partial charge in [0.15, 0.2) is 0 Å². The normalized spacial score (nSPS) is 20.8. The van der Waals surface area contributed by atoms with E-state index >= 15 is 0 Å². The molecule has 2 rings (SSSR count). The molecule has 1 aliphatic carbocycles. The van der Waals surface area contributed by atoms with E-state index in [2.05, 4.69) is 13.8 Å². The molecule has 0 spiro atoms. The summed E-state index contributed by atoms with van der Waals surface area (Å²) in [5, 5.41) is 9.13. The smallest absolute Gasteiger partial charge is 0.323 e. The number of amides is 1. The Hall–Kier alpha value is -1.84. The lowest BCUT2D eigenvalue weighted by atomic mass is 9.68. The van der Waals surface area contributed by atoms with Gasteiger partial charge in [-0.25, -0.2) is 0 Å². The van der Waals surface area contributed by atoms with Crippen LogP contribution in [0.3, 0.4) is 0 Å². The molecule has 21 heavy (non-hydrogen) atoms. The van der Waals surface area contributed by atoms with Crippen molar-refractivity contribution >= 4 is 17.6 Å². The molecule has 1 N–H and O–H groups in total. The van der Waals surface area contributed by atoms with Crippen molar-refractivity contribution in [3.8, 4) is 0 Å². The molecule has 1 aromatic carbocycles. The molecule has 1 atom stereocenters. The molecule has 0 heterocycles. The number of nitrogens with zero attached hydrogens (tertiary/aromatic N) is 1. The Bertz CT molecular complexity index is 510. The summed E-state index contributed by atoms with van der Waals surface area (Å²) in [6.07, 6.45) is 4.03. The lowest BCUT2D eigenvalue weighted by Crippen LogP contribution is -2.45. The van der Waals surface area contributed by atoms with E-state index in [-0.39, 0.29) is 23.8 Å². The predicted molar refractivity (Wildman–Crippen MR) is 82.2 cm³/mol. The van der Waals surface area contributed by atoms with Crippen LogP contribution < -0.4 is 4.90 Å². The zero-order valence-corrected chi connectivity index (χ0v) is 12.7. The minimum absolute atomic E-state index is 0.0618. The topological polar surface area (TPSA) is 57.6 Å². The Labute approximate surface area is 125 Å². The van der Waals surface area contributed by atoms with Gasteiger partial charge in [-0.15, -0.1) is 0 Å². The molecule has 0 aliphatic heterocycles. The van der Waals surface area contributed by atoms with Crippen molar-refractivity contribution in [2.45, 2.75) is 39.5 Å². The van der Waals surface area contributed by atoms with Crippen LogP contribution in [0.5, 0.6) is 0 Å². The number of carboxylic acids is 1. The summed E-state index contributed by atoms with van der Waals surface area (Å²) < 4.78 is 0. The van der Waals surface area contributed by atoms with Crippen molar-refractivity contribution < 1.29 is 14.7 Å². The summed E-state index contributed by atoms with van der Waals surface area (Å²) in [6.45, 7) is 3.94. The molecule has 1 aliphatic rings. The summed E-state index contributed by atoms with van der Waals surface area (Å²) in [7, 11) is 0. The van der Waals surface area contributed by atoms with E-state index < -0.39 is 5.97 Å². The third-order valence-electron chi connectivity index (χ3n) is 4.43. The number of aliphatic carboxylic acids is 1. The number of carboxylic acid groups (broad SMARTS) is 1. The van der Waals surface area contributed by atoms with Crippen molar-refractivity contribution in [1.29, 1.82) is 0 Å². The number of carbonyl (C=O) groups is 2. The average molecular weight is 289 g/mol. The third-order valence-corrected chi connectivity index (χ3v) is 4.43. The minimum atomic E-state index is -0.985. The molecule has 1 amide bonds. The number of hydrogen-bond donors (Lipinski definition) is 1. The number of rotatable bonds is 4. The second-order valence-corrected chi connectivity index (χ2v) is 6.44. The first-order valence-corrected chi connectivity index (χ1v) is 7.50. The molecule has 1 fully saturated rings. The fourth-order valence-corrected chi connectivity index (χ4v) is 3.18. The minimum Gasteiger partial charge on any atom is -0.480 e. The molecular weight excluding hydrogens is 266 g/mol. The highest BCUT2D eigenvalue weighted by atomic mass is 16.4. The summed E-state index contributed by atoms with van der Waals surface area (Å²) in [5.74, 6) is -1.15. The maximum absolute atomic E-state index is 12.9. The van der Waals surface area contributed by atoms with Crippen LogP contribution >= 0.6 is 0 Å². The summed E-state index contributed by atoms with van der Waals surface area (Å²) >= 11 is 0. The van der Waals surface area contributed by atoms with Gasteiger partial charge >= 0.3 is 5.97 Å². The quantitative estimate of drug-likeness (QED) is 0.925. The van der Waals surface area contributed by atoms with Gasteiger partial charge in [-0.3, -0.25) is 9.59 Å². The monoisotopic (exact) mass is 289 g/mol. The van der Waals surface area contributed by atoms with E-state index in [0.717, 1.165) is 25.7 Å². The van der Waals surface area contributed by atoms with Crippen LogP contribution in [-0.2, 0) is 9.59 Å². The SMILES string of the molecule is CC1(C)CCCCC1C(=O)N(CC(=O)O)c1ccccc1. The number of para-hydroxylation sites is 1. The van der Waals surface area contributed by atoms with E-state index in [4.69, 9.17) is 5.11 Å². The fraction of sp³-hybridized carbons (Fsp3) is 0.529. The van der Waals surface area contributed by atoms with Crippen molar-refractivity contribution in [3.63, 3.8) is 0 Å². The molecule has 4 heteroatoms. The largest absolute Gasteiger partial charge is 0.480 e. The molecule has 4 nitrogen and oxygen atoms in total. The molecule has 0 aromatic heterocycles. The van der Waals surface area contributed by atoms with Crippen molar-refractivity contribution in [2.24, 2.45) is 11.3 Å². The van der Waals surface area contributed by atoms with Gasteiger partial charge in [-0.2, -0.15) is 0 Å². The fourth-order valence-electron chi connectivity index (χ4n) is 3.18. The van der Waals surface area contributed by atoms with Crippen LogP contribution in [0.2, 0.25) is 0 Å². The van der Waals surface area contributed by atoms with E-state index in [0.29, 0.717) is 5.69 Å². The van der Waals surface area contributed by atoms with Crippen LogP contribution in [0.1, 0.15) is 39.5 Å². The van der Waals surface area contributed by atoms with Crippen LogP contribution in [-0.4, -0.2) is 23.5 Å². The first-order chi connectivity index (χ1) is 9.92. The lowest BCUT2D eigenvalue weighted by molar-refractivity contribution is -0.138. The summed E-state index contributed by atoms with van der Waals surface area (Å²) in [6, 6.07) is 9.08. The number of hydrogen-bond acceptors (Lipinski definition) is 2. The molecule has 1 aromatic rings. The zero-order chi connectivity index (χ0) is 15.5. The second kappa shape index (κ2) is 6.29. The molecule has 0 radical (unpaired) electrons. The Morgan fingerprint density at radius 2 is 1.90 bits per heavy atom. The molecule has 0 saturated heterocycles. The summed E-state index contributed by atoms with van der Waals surface area (Å²) in [4.78, 5) is 25.5. The van der Waals surface area contributed by atoms with Crippen LogP contribution in [0, 0.1) is 11.3 Å². The zero-order valence-electron chi connectivity index (χ0n) is 12.7. The Balaban J connectivity index is 2.28. The van der Waals surface area contributed by atoms with Crippen molar-refractivity contribution in [3.05, 3.63) is 30.3 Å². The van der Waals surface area contributed by atoms with Gasteiger partial charge in [0.25, 0.3) is 0 Å². The van der Waals surface area contributed by atoms with Crippen molar-refractivity contribution in [2.75, 3.05) is 11.4 Å². The molecule has 114 valence electrons. The van der Waals surface area contributed by atoms with Gasteiger partial charge in [0, 0.05) is 11.6 Å². The first-order valence-electron chi connectivity index (χ1n) is 7.50. The Kier molecular flexibility index (Phi) is 4.66. The van der Waals surface area contributed by atoms with E-state index in [1.807, 2.05) is 18.2 Å². The molecule has 0 bridgehead atoms. The van der Waals surface area contributed by atoms with Crippen LogP contribution in [0.4, 0.5) is 5.69 Å². The van der Waals surface area contributed by atoms with Crippen LogP contribution in [0.15, 0.2) is 30.3 Å². The molecule has 1 saturated carbocycles. The van der Waals surface area contributed by atoms with Gasteiger partial charge in [0.05, 0.1) is 0 Å². The molecule has 1 unspecified atom stereocenters. The first kappa shape index (κ1) is 15.5. The highest BCUT2D eigenvalue weighted by molar-refractivity contribution is 5.99. The molecular formula is C17H23NO3. The van der Waals surface area contributed by atoms with Gasteiger partial charge in [0.1, 0.15) is 6.54 Å². The van der Waals surface area contributed by atoms with Gasteiger partial charge in [-0.1, -0.05) is 44.9 Å². The summed E-state index contributed by atoms with van der Waals surface area (Å²) in [5.41, 5.74) is 0.590. The predicted octanol–water partition coefficient (Wildman–Crippen LogP) is 3.32. The van der Waals surface area contributed by atoms with Crippen molar-refractivity contribution in [1.82, 2.24) is 0 Å². The van der Waals surface area contributed by atoms with Crippen LogP contribution in [0.25, 0.3) is 0 Å². The van der Waals surface area contributed by atoms with Gasteiger partial charge in [-0.05, 0) is 30.4 Å².